The molecule has 19 heavy (non-hydrogen) atoms. The normalized spacial score (nSPS) is 15.3. The largest absolute Gasteiger partial charge is 0.469 e. The minimum atomic E-state index is -0.129. The van der Waals surface area contributed by atoms with E-state index in [0.29, 0.717) is 6.42 Å². The van der Waals surface area contributed by atoms with Crippen molar-refractivity contribution in [3.05, 3.63) is 15.6 Å². The molecule has 0 unspecified atom stereocenters. The van der Waals surface area contributed by atoms with Crippen LogP contribution < -0.4 is 0 Å². The van der Waals surface area contributed by atoms with Gasteiger partial charge in [-0.15, -0.1) is 11.3 Å². The number of aromatic nitrogens is 1. The highest BCUT2D eigenvalue weighted by Crippen LogP contribution is 2.26. The van der Waals surface area contributed by atoms with Gasteiger partial charge < -0.3 is 4.74 Å². The molecular formula is C14H22N2O2S. The van der Waals surface area contributed by atoms with Crippen molar-refractivity contribution in [3.8, 4) is 0 Å². The Hall–Kier alpha value is -0.940. The van der Waals surface area contributed by atoms with Crippen LogP contribution in [0.3, 0.4) is 0 Å². The standard InChI is InChI=1S/C14H22N2O2S/c1-3-8-16-9-7-11-12(10-16)19-13(15-11)5-4-6-14(17)18-2/h3-10H2,1-2H3. The van der Waals surface area contributed by atoms with Crippen molar-refractivity contribution in [2.75, 3.05) is 20.2 Å². The van der Waals surface area contributed by atoms with E-state index in [9.17, 15) is 4.79 Å². The van der Waals surface area contributed by atoms with Gasteiger partial charge in [0, 0.05) is 30.8 Å². The minimum Gasteiger partial charge on any atom is -0.469 e. The maximum atomic E-state index is 11.1. The number of methoxy groups -OCH3 is 1. The lowest BCUT2D eigenvalue weighted by molar-refractivity contribution is -0.140. The Kier molecular flexibility index (Phi) is 5.34. The van der Waals surface area contributed by atoms with Crippen molar-refractivity contribution in [2.45, 2.75) is 45.6 Å². The summed E-state index contributed by atoms with van der Waals surface area (Å²) in [5.41, 5.74) is 1.28. The predicted octanol–water partition coefficient (Wildman–Crippen LogP) is 2.41. The number of esters is 1. The van der Waals surface area contributed by atoms with Gasteiger partial charge in [0.1, 0.15) is 0 Å². The van der Waals surface area contributed by atoms with Gasteiger partial charge >= 0.3 is 5.97 Å². The molecule has 0 bridgehead atoms. The van der Waals surface area contributed by atoms with Crippen molar-refractivity contribution in [1.29, 1.82) is 0 Å². The number of nitrogens with zero attached hydrogens (tertiary/aromatic N) is 2. The Balaban J connectivity index is 1.86. The predicted molar refractivity (Wildman–Crippen MR) is 76.3 cm³/mol. The Labute approximate surface area is 118 Å². The second-order valence-electron chi connectivity index (χ2n) is 4.93. The number of hydrogen-bond acceptors (Lipinski definition) is 5. The fourth-order valence-electron chi connectivity index (χ4n) is 2.40. The molecule has 0 aromatic carbocycles. The molecule has 0 spiro atoms. The number of carbonyl (C=O) groups excluding carboxylic acids is 1. The van der Waals surface area contributed by atoms with E-state index in [1.54, 1.807) is 0 Å². The highest BCUT2D eigenvalue weighted by Gasteiger charge is 2.19. The number of carbonyl (C=O) groups is 1. The maximum Gasteiger partial charge on any atom is 0.305 e. The zero-order chi connectivity index (χ0) is 13.7. The van der Waals surface area contributed by atoms with Gasteiger partial charge in [0.15, 0.2) is 0 Å². The molecule has 0 fully saturated rings. The Morgan fingerprint density at radius 2 is 2.37 bits per heavy atom. The summed E-state index contributed by atoms with van der Waals surface area (Å²) in [5.74, 6) is -0.129. The van der Waals surface area contributed by atoms with Gasteiger partial charge in [0.25, 0.3) is 0 Å². The Morgan fingerprint density at radius 1 is 1.53 bits per heavy atom. The van der Waals surface area contributed by atoms with E-state index in [1.807, 2.05) is 11.3 Å². The summed E-state index contributed by atoms with van der Waals surface area (Å²) in [7, 11) is 1.44. The lowest BCUT2D eigenvalue weighted by atomic mass is 10.1. The summed E-state index contributed by atoms with van der Waals surface area (Å²) in [6.07, 6.45) is 4.49. The SMILES string of the molecule is CCCN1CCc2nc(CCCC(=O)OC)sc2C1. The van der Waals surface area contributed by atoms with Gasteiger partial charge in [-0.1, -0.05) is 6.92 Å². The van der Waals surface area contributed by atoms with Gasteiger partial charge in [-0.2, -0.15) is 0 Å². The van der Waals surface area contributed by atoms with Crippen molar-refractivity contribution < 1.29 is 9.53 Å². The molecule has 2 rings (SSSR count). The van der Waals surface area contributed by atoms with Crippen LogP contribution in [0.2, 0.25) is 0 Å². The zero-order valence-corrected chi connectivity index (χ0v) is 12.6. The van der Waals surface area contributed by atoms with Crippen LogP contribution in [0.4, 0.5) is 0 Å². The van der Waals surface area contributed by atoms with Crippen LogP contribution >= 0.6 is 11.3 Å². The number of ether oxygens (including phenoxy) is 1. The molecular weight excluding hydrogens is 260 g/mol. The second-order valence-corrected chi connectivity index (χ2v) is 6.10. The van der Waals surface area contributed by atoms with Gasteiger partial charge in [-0.25, -0.2) is 4.98 Å². The molecule has 0 saturated heterocycles. The molecule has 0 radical (unpaired) electrons. The molecule has 106 valence electrons. The maximum absolute atomic E-state index is 11.1. The minimum absolute atomic E-state index is 0.129. The van der Waals surface area contributed by atoms with Crippen LogP contribution in [0.15, 0.2) is 0 Å². The Morgan fingerprint density at radius 3 is 3.11 bits per heavy atom. The summed E-state index contributed by atoms with van der Waals surface area (Å²) >= 11 is 1.82. The molecule has 0 atom stereocenters. The molecule has 1 aliphatic heterocycles. The van der Waals surface area contributed by atoms with E-state index in [-0.39, 0.29) is 5.97 Å². The number of thiazole rings is 1. The molecule has 0 aliphatic carbocycles. The fourth-order valence-corrected chi connectivity index (χ4v) is 3.60. The van der Waals surface area contributed by atoms with E-state index >= 15 is 0 Å². The van der Waals surface area contributed by atoms with Crippen LogP contribution in [-0.4, -0.2) is 36.1 Å². The summed E-state index contributed by atoms with van der Waals surface area (Å²) < 4.78 is 4.65. The smallest absolute Gasteiger partial charge is 0.305 e. The first kappa shape index (κ1) is 14.5. The van der Waals surface area contributed by atoms with Crippen LogP contribution in [0.1, 0.15) is 41.8 Å². The van der Waals surface area contributed by atoms with Crippen LogP contribution in [0.5, 0.6) is 0 Å². The lowest BCUT2D eigenvalue weighted by Gasteiger charge is -2.25. The fraction of sp³-hybridized carbons (Fsp3) is 0.714. The van der Waals surface area contributed by atoms with Gasteiger partial charge in [-0.05, 0) is 25.8 Å². The third-order valence-electron chi connectivity index (χ3n) is 3.39. The van der Waals surface area contributed by atoms with Crippen molar-refractivity contribution in [1.82, 2.24) is 9.88 Å². The van der Waals surface area contributed by atoms with Crippen LogP contribution in [0, 0.1) is 0 Å². The number of hydrogen-bond donors (Lipinski definition) is 0. The molecule has 0 amide bonds. The van der Waals surface area contributed by atoms with Crippen molar-refractivity contribution in [2.24, 2.45) is 0 Å². The zero-order valence-electron chi connectivity index (χ0n) is 11.8. The number of aryl methyl sites for hydroxylation is 1. The topological polar surface area (TPSA) is 42.4 Å². The van der Waals surface area contributed by atoms with E-state index in [2.05, 4.69) is 16.6 Å². The molecule has 0 N–H and O–H groups in total. The van der Waals surface area contributed by atoms with Gasteiger partial charge in [-0.3, -0.25) is 9.69 Å². The lowest BCUT2D eigenvalue weighted by Crippen LogP contribution is -2.30. The van der Waals surface area contributed by atoms with Crippen LogP contribution in [-0.2, 0) is 28.9 Å². The molecule has 0 saturated carbocycles. The van der Waals surface area contributed by atoms with Crippen molar-refractivity contribution in [3.63, 3.8) is 0 Å². The number of rotatable bonds is 6. The number of fused-ring (bicyclic) bond motifs is 1. The first-order valence-electron chi connectivity index (χ1n) is 6.99. The van der Waals surface area contributed by atoms with E-state index in [1.165, 1.54) is 35.7 Å². The van der Waals surface area contributed by atoms with E-state index in [0.717, 1.165) is 32.4 Å². The molecule has 1 aromatic heterocycles. The Bertz CT molecular complexity index is 431. The van der Waals surface area contributed by atoms with Gasteiger partial charge in [0.2, 0.25) is 0 Å². The molecule has 2 heterocycles. The first-order chi connectivity index (χ1) is 9.22. The highest BCUT2D eigenvalue weighted by atomic mass is 32.1. The second kappa shape index (κ2) is 7.01. The molecule has 5 heteroatoms. The average Bonchev–Trinajstić information content (AvgIpc) is 2.80. The van der Waals surface area contributed by atoms with E-state index < -0.39 is 0 Å². The average molecular weight is 282 g/mol. The molecule has 1 aromatic rings. The molecule has 4 nitrogen and oxygen atoms in total. The van der Waals surface area contributed by atoms with Gasteiger partial charge in [0.05, 0.1) is 17.8 Å². The third-order valence-corrected chi connectivity index (χ3v) is 4.54. The third kappa shape index (κ3) is 4.01. The van der Waals surface area contributed by atoms with Crippen LogP contribution in [0.25, 0.3) is 0 Å². The summed E-state index contributed by atoms with van der Waals surface area (Å²) in [5, 5.41) is 1.17. The van der Waals surface area contributed by atoms with E-state index in [4.69, 9.17) is 4.98 Å². The molecule has 1 aliphatic rings. The monoisotopic (exact) mass is 282 g/mol. The summed E-state index contributed by atoms with van der Waals surface area (Å²) in [6.45, 7) is 5.58. The highest BCUT2D eigenvalue weighted by molar-refractivity contribution is 7.11. The summed E-state index contributed by atoms with van der Waals surface area (Å²) in [6, 6.07) is 0. The summed E-state index contributed by atoms with van der Waals surface area (Å²) in [4.78, 5) is 19.7. The first-order valence-corrected chi connectivity index (χ1v) is 7.81. The quantitative estimate of drug-likeness (QED) is 0.751. The van der Waals surface area contributed by atoms with Crippen molar-refractivity contribution >= 4 is 17.3 Å².